The molecular formula is C23H35N3O3. The highest BCUT2D eigenvalue weighted by Crippen LogP contribution is 2.32. The first-order valence-corrected chi connectivity index (χ1v) is 10.9. The molecule has 6 nitrogen and oxygen atoms in total. The molecule has 0 radical (unpaired) electrons. The first-order valence-electron chi connectivity index (χ1n) is 10.9. The molecule has 1 heterocycles. The van der Waals surface area contributed by atoms with Crippen molar-refractivity contribution in [3.63, 3.8) is 0 Å². The predicted octanol–water partition coefficient (Wildman–Crippen LogP) is 2.44. The topological polar surface area (TPSA) is 70.7 Å². The summed E-state index contributed by atoms with van der Waals surface area (Å²) in [6, 6.07) is 9.62. The molecule has 29 heavy (non-hydrogen) atoms. The minimum absolute atomic E-state index is 0.0684. The standard InChI is InChI=1S/C23H35N3O3/c1-17(27)25-22-15-19(16-29-20-6-4-3-5-7-20)14-21(22)23(28)24-11-8-18-9-12-26(2)13-10-18/h3-7,18-19,21-22H,8-16H2,1-2H3,(H,24,28)(H,25,27)/t19-,21-,22-/m1/s1. The van der Waals surface area contributed by atoms with Gasteiger partial charge < -0.3 is 20.3 Å². The minimum Gasteiger partial charge on any atom is -0.493 e. The first kappa shape index (κ1) is 21.6. The molecule has 1 aliphatic heterocycles. The van der Waals surface area contributed by atoms with Crippen LogP contribution in [0.2, 0.25) is 0 Å². The van der Waals surface area contributed by atoms with Crippen LogP contribution >= 0.6 is 0 Å². The molecule has 1 saturated heterocycles. The number of likely N-dealkylation sites (tertiary alicyclic amines) is 1. The second-order valence-corrected chi connectivity index (χ2v) is 8.70. The Labute approximate surface area is 174 Å². The van der Waals surface area contributed by atoms with Crippen molar-refractivity contribution in [1.29, 1.82) is 0 Å². The van der Waals surface area contributed by atoms with E-state index < -0.39 is 0 Å². The molecule has 1 aromatic carbocycles. The molecule has 1 aromatic rings. The van der Waals surface area contributed by atoms with Crippen molar-refractivity contribution < 1.29 is 14.3 Å². The van der Waals surface area contributed by atoms with Crippen molar-refractivity contribution in [1.82, 2.24) is 15.5 Å². The van der Waals surface area contributed by atoms with Gasteiger partial charge >= 0.3 is 0 Å². The average molecular weight is 402 g/mol. The van der Waals surface area contributed by atoms with Crippen LogP contribution in [-0.2, 0) is 9.59 Å². The van der Waals surface area contributed by atoms with Gasteiger partial charge in [-0.2, -0.15) is 0 Å². The average Bonchev–Trinajstić information content (AvgIpc) is 3.11. The number of amides is 2. The van der Waals surface area contributed by atoms with Crippen molar-refractivity contribution in [2.24, 2.45) is 17.8 Å². The molecule has 1 aliphatic carbocycles. The summed E-state index contributed by atoms with van der Waals surface area (Å²) < 4.78 is 5.89. The molecule has 6 heteroatoms. The lowest BCUT2D eigenvalue weighted by atomic mass is 9.93. The van der Waals surface area contributed by atoms with E-state index in [2.05, 4.69) is 22.6 Å². The quantitative estimate of drug-likeness (QED) is 0.702. The molecule has 2 aliphatic rings. The van der Waals surface area contributed by atoms with Gasteiger partial charge in [0.05, 0.1) is 12.5 Å². The van der Waals surface area contributed by atoms with Gasteiger partial charge in [-0.3, -0.25) is 9.59 Å². The SMILES string of the molecule is CC(=O)N[C@@H]1C[C@H](COc2ccccc2)C[C@H]1C(=O)NCCC1CCN(C)CC1. The monoisotopic (exact) mass is 401 g/mol. The number of nitrogens with zero attached hydrogens (tertiary/aromatic N) is 1. The molecule has 3 atom stereocenters. The van der Waals surface area contributed by atoms with E-state index in [4.69, 9.17) is 4.74 Å². The van der Waals surface area contributed by atoms with Gasteiger partial charge in [0.1, 0.15) is 5.75 Å². The van der Waals surface area contributed by atoms with E-state index in [0.29, 0.717) is 12.5 Å². The van der Waals surface area contributed by atoms with Crippen molar-refractivity contribution in [2.45, 2.75) is 45.1 Å². The maximum absolute atomic E-state index is 12.8. The van der Waals surface area contributed by atoms with Crippen molar-refractivity contribution in [2.75, 3.05) is 33.3 Å². The number of ether oxygens (including phenoxy) is 1. The van der Waals surface area contributed by atoms with E-state index in [1.54, 1.807) is 0 Å². The van der Waals surface area contributed by atoms with Crippen LogP contribution in [0.1, 0.15) is 39.0 Å². The Morgan fingerprint density at radius 1 is 1.10 bits per heavy atom. The van der Waals surface area contributed by atoms with Crippen LogP contribution in [0, 0.1) is 17.8 Å². The summed E-state index contributed by atoms with van der Waals surface area (Å²) in [5, 5.41) is 6.12. The largest absolute Gasteiger partial charge is 0.493 e. The molecule has 2 amide bonds. The molecule has 0 unspecified atom stereocenters. The van der Waals surface area contributed by atoms with E-state index in [1.165, 1.54) is 19.8 Å². The van der Waals surface area contributed by atoms with Crippen molar-refractivity contribution in [3.05, 3.63) is 30.3 Å². The van der Waals surface area contributed by atoms with Gasteiger partial charge in [0.15, 0.2) is 0 Å². The first-order chi connectivity index (χ1) is 14.0. The molecular weight excluding hydrogens is 366 g/mol. The van der Waals surface area contributed by atoms with Crippen LogP contribution in [0.4, 0.5) is 0 Å². The highest BCUT2D eigenvalue weighted by molar-refractivity contribution is 5.81. The van der Waals surface area contributed by atoms with Crippen LogP contribution in [0.5, 0.6) is 5.75 Å². The number of nitrogens with one attached hydrogen (secondary N) is 2. The number of hydrogen-bond donors (Lipinski definition) is 2. The molecule has 160 valence electrons. The lowest BCUT2D eigenvalue weighted by Crippen LogP contribution is -2.43. The van der Waals surface area contributed by atoms with Gasteiger partial charge in [0.25, 0.3) is 0 Å². The number of piperidine rings is 1. The fraction of sp³-hybridized carbons (Fsp3) is 0.652. The van der Waals surface area contributed by atoms with Crippen LogP contribution in [0.25, 0.3) is 0 Å². The van der Waals surface area contributed by atoms with Gasteiger partial charge in [0, 0.05) is 19.5 Å². The summed E-state index contributed by atoms with van der Waals surface area (Å²) in [5.41, 5.74) is 0. The summed E-state index contributed by atoms with van der Waals surface area (Å²) in [6.07, 6.45) is 4.99. The second-order valence-electron chi connectivity index (χ2n) is 8.70. The lowest BCUT2D eigenvalue weighted by molar-refractivity contribution is -0.126. The Hall–Kier alpha value is -2.08. The Bertz CT molecular complexity index is 659. The maximum Gasteiger partial charge on any atom is 0.225 e. The summed E-state index contributed by atoms with van der Waals surface area (Å²) in [6.45, 7) is 5.11. The van der Waals surface area contributed by atoms with E-state index in [0.717, 1.165) is 44.6 Å². The number of para-hydroxylation sites is 1. The molecule has 2 N–H and O–H groups in total. The summed E-state index contributed by atoms with van der Waals surface area (Å²) >= 11 is 0. The highest BCUT2D eigenvalue weighted by atomic mass is 16.5. The van der Waals surface area contributed by atoms with E-state index in [9.17, 15) is 9.59 Å². The van der Waals surface area contributed by atoms with Gasteiger partial charge in [0.2, 0.25) is 11.8 Å². The summed E-state index contributed by atoms with van der Waals surface area (Å²) in [7, 11) is 2.16. The third-order valence-corrected chi connectivity index (χ3v) is 6.30. The fourth-order valence-electron chi connectivity index (χ4n) is 4.60. The van der Waals surface area contributed by atoms with E-state index in [1.807, 2.05) is 30.3 Å². The van der Waals surface area contributed by atoms with Crippen molar-refractivity contribution in [3.8, 4) is 5.75 Å². The number of hydrogen-bond acceptors (Lipinski definition) is 4. The van der Waals surface area contributed by atoms with Gasteiger partial charge in [-0.1, -0.05) is 18.2 Å². The molecule has 2 fully saturated rings. The Morgan fingerprint density at radius 2 is 1.83 bits per heavy atom. The molecule has 0 bridgehead atoms. The number of carbonyl (C=O) groups is 2. The molecule has 1 saturated carbocycles. The predicted molar refractivity (Wildman–Crippen MR) is 114 cm³/mol. The smallest absolute Gasteiger partial charge is 0.225 e. The van der Waals surface area contributed by atoms with Crippen molar-refractivity contribution >= 4 is 11.8 Å². The minimum atomic E-state index is -0.180. The molecule has 3 rings (SSSR count). The zero-order chi connectivity index (χ0) is 20.6. The van der Waals surface area contributed by atoms with E-state index in [-0.39, 0.29) is 29.7 Å². The third kappa shape index (κ3) is 6.74. The second kappa shape index (κ2) is 10.6. The van der Waals surface area contributed by atoms with E-state index >= 15 is 0 Å². The van der Waals surface area contributed by atoms with Gasteiger partial charge in [-0.25, -0.2) is 0 Å². The summed E-state index contributed by atoms with van der Waals surface area (Å²) in [4.78, 5) is 26.8. The zero-order valence-electron chi connectivity index (χ0n) is 17.7. The Kier molecular flexibility index (Phi) is 7.92. The Morgan fingerprint density at radius 3 is 2.52 bits per heavy atom. The van der Waals surface area contributed by atoms with Crippen LogP contribution < -0.4 is 15.4 Å². The highest BCUT2D eigenvalue weighted by Gasteiger charge is 2.39. The Balaban J connectivity index is 1.46. The molecule has 0 aromatic heterocycles. The van der Waals surface area contributed by atoms with Gasteiger partial charge in [-0.05, 0) is 76.2 Å². The van der Waals surface area contributed by atoms with Crippen LogP contribution in [0.15, 0.2) is 30.3 Å². The fourth-order valence-corrected chi connectivity index (χ4v) is 4.60. The number of benzene rings is 1. The maximum atomic E-state index is 12.8. The lowest BCUT2D eigenvalue weighted by Gasteiger charge is -2.29. The zero-order valence-corrected chi connectivity index (χ0v) is 17.7. The van der Waals surface area contributed by atoms with Crippen LogP contribution in [-0.4, -0.2) is 56.0 Å². The molecule has 0 spiro atoms. The number of rotatable bonds is 8. The third-order valence-electron chi connectivity index (χ3n) is 6.30. The van der Waals surface area contributed by atoms with Gasteiger partial charge in [-0.15, -0.1) is 0 Å². The normalized spacial score (nSPS) is 25.5. The summed E-state index contributed by atoms with van der Waals surface area (Å²) in [5.74, 6) is 1.61. The van der Waals surface area contributed by atoms with Crippen LogP contribution in [0.3, 0.4) is 0 Å². The number of carbonyl (C=O) groups excluding carboxylic acids is 2.